The van der Waals surface area contributed by atoms with Crippen LogP contribution < -0.4 is 0 Å². The lowest BCUT2D eigenvalue weighted by atomic mass is 9.79. The van der Waals surface area contributed by atoms with Gasteiger partial charge in [-0.3, -0.25) is 0 Å². The van der Waals surface area contributed by atoms with E-state index < -0.39 is 0 Å². The summed E-state index contributed by atoms with van der Waals surface area (Å²) >= 11 is 0. The SMILES string of the molecule is CC(C)C.CC(C)N(C)CCC1(C)CN(C)C1. The van der Waals surface area contributed by atoms with Gasteiger partial charge in [-0.25, -0.2) is 0 Å². The van der Waals surface area contributed by atoms with Crippen LogP contribution in [0.15, 0.2) is 0 Å². The summed E-state index contributed by atoms with van der Waals surface area (Å²) in [5, 5.41) is 0. The van der Waals surface area contributed by atoms with E-state index in [1.54, 1.807) is 0 Å². The number of hydrogen-bond acceptors (Lipinski definition) is 2. The second kappa shape index (κ2) is 7.38. The Morgan fingerprint density at radius 1 is 1.12 bits per heavy atom. The van der Waals surface area contributed by atoms with Gasteiger partial charge in [-0.15, -0.1) is 0 Å². The van der Waals surface area contributed by atoms with Crippen LogP contribution in [0, 0.1) is 11.3 Å². The summed E-state index contributed by atoms with van der Waals surface area (Å²) in [6, 6.07) is 0.682. The van der Waals surface area contributed by atoms with Gasteiger partial charge in [-0.05, 0) is 52.2 Å². The van der Waals surface area contributed by atoms with Crippen molar-refractivity contribution >= 4 is 0 Å². The van der Waals surface area contributed by atoms with E-state index in [1.165, 1.54) is 26.1 Å². The molecular formula is C15H34N2. The van der Waals surface area contributed by atoms with Crippen molar-refractivity contribution in [1.82, 2.24) is 9.80 Å². The highest BCUT2D eigenvalue weighted by Crippen LogP contribution is 2.32. The van der Waals surface area contributed by atoms with Gasteiger partial charge in [-0.2, -0.15) is 0 Å². The second-order valence-corrected chi connectivity index (χ2v) is 7.04. The van der Waals surface area contributed by atoms with Gasteiger partial charge >= 0.3 is 0 Å². The maximum Gasteiger partial charge on any atom is 0.00452 e. The molecule has 0 bridgehead atoms. The van der Waals surface area contributed by atoms with Crippen LogP contribution in [0.3, 0.4) is 0 Å². The third-order valence-electron chi connectivity index (χ3n) is 3.25. The maximum absolute atomic E-state index is 2.43. The maximum atomic E-state index is 2.43. The van der Waals surface area contributed by atoms with Crippen LogP contribution in [0.4, 0.5) is 0 Å². The van der Waals surface area contributed by atoms with Crippen molar-refractivity contribution in [2.45, 2.75) is 54.0 Å². The summed E-state index contributed by atoms with van der Waals surface area (Å²) in [4.78, 5) is 4.83. The molecule has 2 nitrogen and oxygen atoms in total. The van der Waals surface area contributed by atoms with Gasteiger partial charge in [0.15, 0.2) is 0 Å². The molecule has 1 rings (SSSR count). The molecule has 0 atom stereocenters. The third-order valence-corrected chi connectivity index (χ3v) is 3.25. The van der Waals surface area contributed by atoms with E-state index in [0.717, 1.165) is 5.92 Å². The van der Waals surface area contributed by atoms with Crippen molar-refractivity contribution in [2.75, 3.05) is 33.7 Å². The zero-order chi connectivity index (χ0) is 13.6. The molecule has 0 unspecified atom stereocenters. The molecule has 1 heterocycles. The first-order chi connectivity index (χ1) is 7.66. The van der Waals surface area contributed by atoms with E-state index in [1.807, 2.05) is 0 Å². The fraction of sp³-hybridized carbons (Fsp3) is 1.00. The highest BCUT2D eigenvalue weighted by molar-refractivity contribution is 4.89. The number of likely N-dealkylation sites (tertiary alicyclic amines) is 1. The van der Waals surface area contributed by atoms with Crippen LogP contribution in [0.25, 0.3) is 0 Å². The predicted molar refractivity (Wildman–Crippen MR) is 78.5 cm³/mol. The fourth-order valence-corrected chi connectivity index (χ4v) is 2.12. The fourth-order valence-electron chi connectivity index (χ4n) is 2.12. The van der Waals surface area contributed by atoms with Crippen molar-refractivity contribution in [1.29, 1.82) is 0 Å². The number of rotatable bonds is 4. The van der Waals surface area contributed by atoms with Crippen molar-refractivity contribution in [2.24, 2.45) is 11.3 Å². The van der Waals surface area contributed by atoms with Gasteiger partial charge < -0.3 is 9.80 Å². The first-order valence-electron chi connectivity index (χ1n) is 7.05. The molecule has 0 aliphatic carbocycles. The lowest BCUT2D eigenvalue weighted by Crippen LogP contribution is -2.53. The average Bonchev–Trinajstić information content (AvgIpc) is 2.10. The van der Waals surface area contributed by atoms with Gasteiger partial charge in [0.05, 0.1) is 0 Å². The normalized spacial score (nSPS) is 19.2. The lowest BCUT2D eigenvalue weighted by Gasteiger charge is -2.47. The molecule has 1 aliphatic rings. The minimum atomic E-state index is 0.595. The Labute approximate surface area is 109 Å². The molecule has 1 saturated heterocycles. The Morgan fingerprint density at radius 3 is 1.82 bits per heavy atom. The molecule has 104 valence electrons. The molecule has 2 heteroatoms. The monoisotopic (exact) mass is 242 g/mol. The van der Waals surface area contributed by atoms with Gasteiger partial charge in [0.2, 0.25) is 0 Å². The molecule has 0 radical (unpaired) electrons. The molecular weight excluding hydrogens is 208 g/mol. The molecule has 0 saturated carbocycles. The number of nitrogens with zero attached hydrogens (tertiary/aromatic N) is 2. The first-order valence-corrected chi connectivity index (χ1v) is 7.05. The van der Waals surface area contributed by atoms with Crippen molar-refractivity contribution in [3.8, 4) is 0 Å². The smallest absolute Gasteiger partial charge is 0.00452 e. The van der Waals surface area contributed by atoms with E-state index >= 15 is 0 Å². The lowest BCUT2D eigenvalue weighted by molar-refractivity contribution is 0.0224. The van der Waals surface area contributed by atoms with Crippen molar-refractivity contribution in [3.63, 3.8) is 0 Å². The van der Waals surface area contributed by atoms with Gasteiger partial charge in [-0.1, -0.05) is 27.7 Å². The van der Waals surface area contributed by atoms with E-state index in [4.69, 9.17) is 0 Å². The molecule has 0 spiro atoms. The molecule has 0 N–H and O–H groups in total. The largest absolute Gasteiger partial charge is 0.305 e. The van der Waals surface area contributed by atoms with Gasteiger partial charge in [0, 0.05) is 19.1 Å². The van der Waals surface area contributed by atoms with E-state index in [-0.39, 0.29) is 0 Å². The van der Waals surface area contributed by atoms with Crippen molar-refractivity contribution < 1.29 is 0 Å². The van der Waals surface area contributed by atoms with Crippen LogP contribution in [0.2, 0.25) is 0 Å². The van der Waals surface area contributed by atoms with Crippen molar-refractivity contribution in [3.05, 3.63) is 0 Å². The summed E-state index contributed by atoms with van der Waals surface area (Å²) in [5.74, 6) is 0.833. The Bertz CT molecular complexity index is 190. The Kier molecular flexibility index (Phi) is 7.34. The third kappa shape index (κ3) is 7.77. The number of hydrogen-bond donors (Lipinski definition) is 0. The van der Waals surface area contributed by atoms with Gasteiger partial charge in [0.25, 0.3) is 0 Å². The van der Waals surface area contributed by atoms with Crippen LogP contribution in [0.1, 0.15) is 48.0 Å². The summed E-state index contributed by atoms with van der Waals surface area (Å²) in [7, 11) is 4.42. The van der Waals surface area contributed by atoms with Gasteiger partial charge in [0.1, 0.15) is 0 Å². The zero-order valence-corrected chi connectivity index (χ0v) is 13.4. The first kappa shape index (κ1) is 16.9. The standard InChI is InChI=1S/C11H24N2.C4H10/c1-10(2)13(5)7-6-11(3)8-12(4)9-11;1-4(2)3/h10H,6-9H2,1-5H3;4H,1-3H3. The highest BCUT2D eigenvalue weighted by Gasteiger charge is 2.35. The molecule has 1 fully saturated rings. The highest BCUT2D eigenvalue weighted by atomic mass is 15.2. The summed E-state index contributed by atoms with van der Waals surface area (Å²) < 4.78 is 0. The van der Waals surface area contributed by atoms with E-state index in [9.17, 15) is 0 Å². The van der Waals surface area contributed by atoms with Crippen LogP contribution >= 0.6 is 0 Å². The Balaban J connectivity index is 0.000000557. The van der Waals surface area contributed by atoms with Crippen LogP contribution in [-0.4, -0.2) is 49.6 Å². The molecule has 0 aromatic rings. The zero-order valence-electron chi connectivity index (χ0n) is 13.4. The van der Waals surface area contributed by atoms with Crippen LogP contribution in [0.5, 0.6) is 0 Å². The van der Waals surface area contributed by atoms with Crippen LogP contribution in [-0.2, 0) is 0 Å². The van der Waals surface area contributed by atoms with E-state index in [2.05, 4.69) is 65.4 Å². The summed E-state index contributed by atoms with van der Waals surface area (Å²) in [6.45, 7) is 17.2. The quantitative estimate of drug-likeness (QED) is 0.746. The Morgan fingerprint density at radius 2 is 1.53 bits per heavy atom. The summed E-state index contributed by atoms with van der Waals surface area (Å²) in [6.07, 6.45) is 1.34. The average molecular weight is 242 g/mol. The van der Waals surface area contributed by atoms with E-state index in [0.29, 0.717) is 11.5 Å². The summed E-state index contributed by atoms with van der Waals surface area (Å²) in [5.41, 5.74) is 0.595. The molecule has 0 aromatic heterocycles. The minimum absolute atomic E-state index is 0.595. The molecule has 17 heavy (non-hydrogen) atoms. The minimum Gasteiger partial charge on any atom is -0.305 e. The molecule has 0 amide bonds. The predicted octanol–water partition coefficient (Wildman–Crippen LogP) is 3.33. The topological polar surface area (TPSA) is 6.48 Å². The molecule has 0 aromatic carbocycles. The Hall–Kier alpha value is -0.0800. The molecule has 1 aliphatic heterocycles. The second-order valence-electron chi connectivity index (χ2n) is 7.04.